The average Bonchev–Trinajstić information content (AvgIpc) is 3.28. The number of aromatic amines is 1. The summed E-state index contributed by atoms with van der Waals surface area (Å²) in [5, 5.41) is 12.3. The maximum absolute atomic E-state index is 12.7. The van der Waals surface area contributed by atoms with Gasteiger partial charge in [-0.15, -0.1) is 12.4 Å². The number of H-pyrrole nitrogens is 1. The number of hydrogen-bond acceptors (Lipinski definition) is 5. The minimum Gasteiger partial charge on any atom is -0.367 e. The number of carbonyl (C=O) groups excluding carboxylic acids is 1. The number of halogens is 1. The number of anilines is 1. The second kappa shape index (κ2) is 8.48. The molecule has 3 aliphatic rings. The van der Waals surface area contributed by atoms with Gasteiger partial charge in [-0.05, 0) is 50.1 Å². The largest absolute Gasteiger partial charge is 0.367 e. The molecule has 7 nitrogen and oxygen atoms in total. The SMILES string of the molecule is CCc1n[nH]c2ncc(C3CC3)c(N3CCN(C(=O)CC4CCCN4)CC3)c12.Cl. The molecule has 1 saturated carbocycles. The van der Waals surface area contributed by atoms with Gasteiger partial charge in [0.15, 0.2) is 5.65 Å². The van der Waals surface area contributed by atoms with E-state index in [1.807, 2.05) is 0 Å². The Labute approximate surface area is 178 Å². The molecule has 5 rings (SSSR count). The summed E-state index contributed by atoms with van der Waals surface area (Å²) in [7, 11) is 0. The zero-order valence-electron chi connectivity index (χ0n) is 17.1. The van der Waals surface area contributed by atoms with Crippen molar-refractivity contribution in [3.63, 3.8) is 0 Å². The highest BCUT2D eigenvalue weighted by Crippen LogP contribution is 2.46. The van der Waals surface area contributed by atoms with Crippen molar-refractivity contribution in [1.82, 2.24) is 25.4 Å². The highest BCUT2D eigenvalue weighted by molar-refractivity contribution is 5.94. The van der Waals surface area contributed by atoms with Gasteiger partial charge in [0.2, 0.25) is 5.91 Å². The molecule has 4 heterocycles. The van der Waals surface area contributed by atoms with Crippen molar-refractivity contribution in [2.45, 2.75) is 57.4 Å². The van der Waals surface area contributed by atoms with Crippen LogP contribution >= 0.6 is 12.4 Å². The van der Waals surface area contributed by atoms with Crippen LogP contribution < -0.4 is 10.2 Å². The Morgan fingerprint density at radius 1 is 1.21 bits per heavy atom. The van der Waals surface area contributed by atoms with E-state index in [0.29, 0.717) is 24.3 Å². The minimum atomic E-state index is 0. The van der Waals surface area contributed by atoms with Crippen LogP contribution in [0.2, 0.25) is 0 Å². The topological polar surface area (TPSA) is 77.2 Å². The second-order valence-electron chi connectivity index (χ2n) is 8.45. The molecule has 0 radical (unpaired) electrons. The molecular formula is C21H31ClN6O. The van der Waals surface area contributed by atoms with Gasteiger partial charge >= 0.3 is 0 Å². The van der Waals surface area contributed by atoms with Crippen molar-refractivity contribution >= 4 is 35.0 Å². The molecule has 2 aromatic heterocycles. The van der Waals surface area contributed by atoms with E-state index in [4.69, 9.17) is 0 Å². The fraction of sp³-hybridized carbons (Fsp3) is 0.667. The summed E-state index contributed by atoms with van der Waals surface area (Å²) in [6, 6.07) is 0.380. The quantitative estimate of drug-likeness (QED) is 0.780. The van der Waals surface area contributed by atoms with Crippen LogP contribution in [0.4, 0.5) is 5.69 Å². The molecule has 8 heteroatoms. The van der Waals surface area contributed by atoms with Gasteiger partial charge in [0.1, 0.15) is 0 Å². The highest BCUT2D eigenvalue weighted by atomic mass is 35.5. The van der Waals surface area contributed by atoms with Gasteiger partial charge in [-0.25, -0.2) is 4.98 Å². The number of hydrogen-bond donors (Lipinski definition) is 2. The maximum Gasteiger partial charge on any atom is 0.224 e. The standard InChI is InChI=1S/C21H30N6O.ClH/c1-2-17-19-20(16(14-5-6-14)13-23-21(19)25-24-17)27-10-8-26(9-11-27)18(28)12-15-4-3-7-22-15;/h13-15,22H,2-12H2,1H3,(H,23,24,25);1H. The number of fused-ring (bicyclic) bond motifs is 1. The number of pyridine rings is 1. The van der Waals surface area contributed by atoms with Gasteiger partial charge in [-0.1, -0.05) is 6.92 Å². The van der Waals surface area contributed by atoms with Crippen molar-refractivity contribution in [2.75, 3.05) is 37.6 Å². The third kappa shape index (κ3) is 3.94. The first-order valence-electron chi connectivity index (χ1n) is 10.9. The minimum absolute atomic E-state index is 0. The Hall–Kier alpha value is -1.86. The first-order chi connectivity index (χ1) is 13.7. The van der Waals surface area contributed by atoms with Crippen molar-refractivity contribution in [2.24, 2.45) is 0 Å². The molecule has 0 aromatic carbocycles. The van der Waals surface area contributed by atoms with Gasteiger partial charge in [-0.2, -0.15) is 5.10 Å². The number of aryl methyl sites for hydroxylation is 1. The van der Waals surface area contributed by atoms with Gasteiger partial charge in [0.25, 0.3) is 0 Å². The molecule has 1 atom stereocenters. The number of nitrogens with one attached hydrogen (secondary N) is 2. The molecule has 0 spiro atoms. The molecule has 3 fully saturated rings. The molecule has 2 N–H and O–H groups in total. The van der Waals surface area contributed by atoms with Crippen LogP contribution in [0.5, 0.6) is 0 Å². The summed E-state index contributed by atoms with van der Waals surface area (Å²) in [6.45, 7) is 6.58. The monoisotopic (exact) mass is 418 g/mol. The van der Waals surface area contributed by atoms with Crippen molar-refractivity contribution < 1.29 is 4.79 Å². The number of rotatable bonds is 5. The number of carbonyl (C=O) groups is 1. The molecule has 2 aromatic rings. The first kappa shape index (κ1) is 20.4. The second-order valence-corrected chi connectivity index (χ2v) is 8.45. The lowest BCUT2D eigenvalue weighted by Gasteiger charge is -2.37. The normalized spacial score (nSPS) is 22.2. The molecule has 1 unspecified atom stereocenters. The third-order valence-electron chi connectivity index (χ3n) is 6.55. The van der Waals surface area contributed by atoms with Crippen LogP contribution in [0.1, 0.15) is 56.2 Å². The summed E-state index contributed by atoms with van der Waals surface area (Å²) in [5.41, 5.74) is 4.69. The van der Waals surface area contributed by atoms with Crippen LogP contribution in [0.15, 0.2) is 6.20 Å². The molecule has 2 aliphatic heterocycles. The lowest BCUT2D eigenvalue weighted by molar-refractivity contribution is -0.131. The third-order valence-corrected chi connectivity index (χ3v) is 6.55. The van der Waals surface area contributed by atoms with E-state index in [1.165, 1.54) is 35.9 Å². The fourth-order valence-corrected chi connectivity index (χ4v) is 4.79. The highest BCUT2D eigenvalue weighted by Gasteiger charge is 2.32. The van der Waals surface area contributed by atoms with Crippen molar-refractivity contribution in [3.05, 3.63) is 17.5 Å². The van der Waals surface area contributed by atoms with E-state index < -0.39 is 0 Å². The number of amides is 1. The van der Waals surface area contributed by atoms with Gasteiger partial charge < -0.3 is 15.1 Å². The summed E-state index contributed by atoms with van der Waals surface area (Å²) in [4.78, 5) is 21.9. The zero-order valence-corrected chi connectivity index (χ0v) is 17.9. The molecule has 158 valence electrons. The van der Waals surface area contributed by atoms with Crippen molar-refractivity contribution in [3.8, 4) is 0 Å². The summed E-state index contributed by atoms with van der Waals surface area (Å²) in [5.74, 6) is 0.943. The Morgan fingerprint density at radius 2 is 2.00 bits per heavy atom. The van der Waals surface area contributed by atoms with Crippen LogP contribution in [0, 0.1) is 0 Å². The lowest BCUT2D eigenvalue weighted by Crippen LogP contribution is -2.50. The van der Waals surface area contributed by atoms with Gasteiger partial charge in [0.05, 0.1) is 16.8 Å². The fourth-order valence-electron chi connectivity index (χ4n) is 4.79. The first-order valence-corrected chi connectivity index (χ1v) is 10.9. The summed E-state index contributed by atoms with van der Waals surface area (Å²) < 4.78 is 0. The summed E-state index contributed by atoms with van der Waals surface area (Å²) >= 11 is 0. The van der Waals surface area contributed by atoms with E-state index in [0.717, 1.165) is 56.9 Å². The number of nitrogens with zero attached hydrogens (tertiary/aromatic N) is 4. The Morgan fingerprint density at radius 3 is 2.66 bits per heavy atom. The van der Waals surface area contributed by atoms with Crippen LogP contribution in [0.25, 0.3) is 11.0 Å². The molecule has 2 saturated heterocycles. The van der Waals surface area contributed by atoms with Crippen molar-refractivity contribution in [1.29, 1.82) is 0 Å². The Bertz CT molecular complexity index is 865. The van der Waals surface area contributed by atoms with E-state index >= 15 is 0 Å². The number of piperazine rings is 1. The zero-order chi connectivity index (χ0) is 19.1. The van der Waals surface area contributed by atoms with Gasteiger partial charge in [0, 0.05) is 44.8 Å². The predicted molar refractivity (Wildman–Crippen MR) is 117 cm³/mol. The van der Waals surface area contributed by atoms with E-state index in [-0.39, 0.29) is 12.4 Å². The number of aromatic nitrogens is 3. The van der Waals surface area contributed by atoms with Gasteiger partial charge in [-0.3, -0.25) is 9.89 Å². The Balaban J connectivity index is 0.00000205. The molecule has 0 bridgehead atoms. The molecule has 1 amide bonds. The molecule has 29 heavy (non-hydrogen) atoms. The smallest absolute Gasteiger partial charge is 0.224 e. The molecular weight excluding hydrogens is 388 g/mol. The molecule has 1 aliphatic carbocycles. The van der Waals surface area contributed by atoms with E-state index in [9.17, 15) is 4.79 Å². The lowest BCUT2D eigenvalue weighted by atomic mass is 10.0. The maximum atomic E-state index is 12.7. The van der Waals surface area contributed by atoms with Crippen LogP contribution in [-0.4, -0.2) is 64.8 Å². The average molecular weight is 419 g/mol. The van der Waals surface area contributed by atoms with Crippen LogP contribution in [0.3, 0.4) is 0 Å². The Kier molecular flexibility index (Phi) is 5.97. The predicted octanol–water partition coefficient (Wildman–Crippen LogP) is 2.61. The van der Waals surface area contributed by atoms with Crippen LogP contribution in [-0.2, 0) is 11.2 Å². The van der Waals surface area contributed by atoms with E-state index in [2.05, 4.69) is 43.4 Å². The van der Waals surface area contributed by atoms with E-state index in [1.54, 1.807) is 0 Å². The summed E-state index contributed by atoms with van der Waals surface area (Å²) in [6.07, 6.45) is 8.43.